The average molecular weight is 288 g/mol. The lowest BCUT2D eigenvalue weighted by Crippen LogP contribution is -2.31. The van der Waals surface area contributed by atoms with Gasteiger partial charge in [0.1, 0.15) is 11.6 Å². The number of halogens is 2. The molecule has 3 nitrogen and oxygen atoms in total. The van der Waals surface area contributed by atoms with Gasteiger partial charge in [-0.05, 0) is 25.5 Å². The summed E-state index contributed by atoms with van der Waals surface area (Å²) in [5.41, 5.74) is 5.36. The number of rotatable bonds is 6. The highest BCUT2D eigenvalue weighted by atomic mass is 32.2. The number of hydrogen-bond donors (Lipinski definition) is 2. The molecule has 0 spiro atoms. The third-order valence-electron chi connectivity index (χ3n) is 2.51. The highest BCUT2D eigenvalue weighted by molar-refractivity contribution is 8.00. The van der Waals surface area contributed by atoms with E-state index in [-0.39, 0.29) is 16.5 Å². The van der Waals surface area contributed by atoms with Crippen molar-refractivity contribution in [1.29, 1.82) is 0 Å². The highest BCUT2D eigenvalue weighted by Crippen LogP contribution is 2.30. The maximum absolute atomic E-state index is 13.6. The Bertz CT molecular complexity index is 431. The van der Waals surface area contributed by atoms with Gasteiger partial charge in [0.05, 0.1) is 10.1 Å². The van der Waals surface area contributed by atoms with Gasteiger partial charge >= 0.3 is 0 Å². The summed E-state index contributed by atoms with van der Waals surface area (Å²) in [5.74, 6) is -1.71. The van der Waals surface area contributed by atoms with E-state index in [1.807, 2.05) is 6.92 Å². The molecule has 19 heavy (non-hydrogen) atoms. The summed E-state index contributed by atoms with van der Waals surface area (Å²) in [6.45, 7) is 4.21. The second-order valence-electron chi connectivity index (χ2n) is 4.22. The van der Waals surface area contributed by atoms with Gasteiger partial charge in [-0.2, -0.15) is 0 Å². The fourth-order valence-electron chi connectivity index (χ4n) is 1.45. The molecule has 0 aromatic heterocycles. The topological polar surface area (TPSA) is 55.1 Å². The van der Waals surface area contributed by atoms with Crippen LogP contribution in [0.3, 0.4) is 0 Å². The number of anilines is 1. The molecule has 0 radical (unpaired) electrons. The SMILES string of the molecule is CCCCNC(=O)C(C)Sc1c(F)cc(N)cc1F. The lowest BCUT2D eigenvalue weighted by molar-refractivity contribution is -0.120. The summed E-state index contributed by atoms with van der Waals surface area (Å²) < 4.78 is 27.1. The molecular formula is C13H18F2N2OS. The highest BCUT2D eigenvalue weighted by Gasteiger charge is 2.19. The second kappa shape index (κ2) is 7.33. The number of thioether (sulfide) groups is 1. The van der Waals surface area contributed by atoms with E-state index in [0.29, 0.717) is 6.54 Å². The van der Waals surface area contributed by atoms with Crippen LogP contribution in [-0.4, -0.2) is 17.7 Å². The number of benzene rings is 1. The summed E-state index contributed by atoms with van der Waals surface area (Å²) >= 11 is 0.854. The average Bonchev–Trinajstić information content (AvgIpc) is 2.33. The normalized spacial score (nSPS) is 12.2. The van der Waals surface area contributed by atoms with E-state index in [2.05, 4.69) is 5.32 Å². The van der Waals surface area contributed by atoms with Crippen LogP contribution in [0, 0.1) is 11.6 Å². The Morgan fingerprint density at radius 3 is 2.53 bits per heavy atom. The lowest BCUT2D eigenvalue weighted by Gasteiger charge is -2.13. The van der Waals surface area contributed by atoms with Crippen LogP contribution in [0.25, 0.3) is 0 Å². The summed E-state index contributed by atoms with van der Waals surface area (Å²) in [6.07, 6.45) is 1.86. The molecule has 1 aromatic carbocycles. The molecule has 0 aliphatic rings. The molecule has 1 rings (SSSR count). The minimum Gasteiger partial charge on any atom is -0.399 e. The number of amides is 1. The third-order valence-corrected chi connectivity index (χ3v) is 3.71. The molecule has 1 amide bonds. The fourth-order valence-corrected chi connectivity index (χ4v) is 2.34. The van der Waals surface area contributed by atoms with Crippen molar-refractivity contribution in [3.63, 3.8) is 0 Å². The van der Waals surface area contributed by atoms with Crippen molar-refractivity contribution in [1.82, 2.24) is 5.32 Å². The molecule has 0 saturated carbocycles. The number of carbonyl (C=O) groups is 1. The van der Waals surface area contributed by atoms with Gasteiger partial charge in [-0.15, -0.1) is 11.8 Å². The Kier molecular flexibility index (Phi) is 6.08. The molecule has 1 aromatic rings. The van der Waals surface area contributed by atoms with E-state index in [1.54, 1.807) is 6.92 Å². The quantitative estimate of drug-likeness (QED) is 0.481. The third kappa shape index (κ3) is 4.70. The molecule has 1 unspecified atom stereocenters. The van der Waals surface area contributed by atoms with E-state index in [1.165, 1.54) is 0 Å². The maximum Gasteiger partial charge on any atom is 0.233 e. The van der Waals surface area contributed by atoms with Gasteiger partial charge in [0.25, 0.3) is 0 Å². The predicted octanol–water partition coefficient (Wildman–Crippen LogP) is 2.94. The molecular weight excluding hydrogens is 270 g/mol. The maximum atomic E-state index is 13.6. The van der Waals surface area contributed by atoms with E-state index in [4.69, 9.17) is 5.73 Å². The summed E-state index contributed by atoms with van der Waals surface area (Å²) in [4.78, 5) is 11.5. The monoisotopic (exact) mass is 288 g/mol. The molecule has 0 heterocycles. The number of unbranched alkanes of at least 4 members (excludes halogenated alkanes) is 1. The van der Waals surface area contributed by atoms with Gasteiger partial charge < -0.3 is 11.1 Å². The minimum absolute atomic E-state index is 0.0272. The molecule has 0 aliphatic carbocycles. The molecule has 0 fully saturated rings. The van der Waals surface area contributed by atoms with E-state index < -0.39 is 16.9 Å². The number of hydrogen-bond acceptors (Lipinski definition) is 3. The zero-order valence-electron chi connectivity index (χ0n) is 11.0. The Balaban J connectivity index is 2.66. The minimum atomic E-state index is -0.740. The summed E-state index contributed by atoms with van der Waals surface area (Å²) in [6, 6.07) is 2.10. The Labute approximate surface area is 115 Å². The molecule has 3 N–H and O–H groups in total. The van der Waals surface area contributed by atoms with Crippen molar-refractivity contribution in [2.45, 2.75) is 36.8 Å². The van der Waals surface area contributed by atoms with Crippen molar-refractivity contribution < 1.29 is 13.6 Å². The van der Waals surface area contributed by atoms with Crippen LogP contribution < -0.4 is 11.1 Å². The van der Waals surface area contributed by atoms with Crippen molar-refractivity contribution >= 4 is 23.4 Å². The van der Waals surface area contributed by atoms with Crippen molar-refractivity contribution in [3.05, 3.63) is 23.8 Å². The fraction of sp³-hybridized carbons (Fsp3) is 0.462. The van der Waals surface area contributed by atoms with Crippen LogP contribution in [0.4, 0.5) is 14.5 Å². The number of carbonyl (C=O) groups excluding carboxylic acids is 1. The first-order valence-corrected chi connectivity index (χ1v) is 7.02. The molecule has 0 aliphatic heterocycles. The van der Waals surface area contributed by atoms with Gasteiger partial charge in [0, 0.05) is 12.2 Å². The summed E-state index contributed by atoms with van der Waals surface area (Å²) in [7, 11) is 0. The molecule has 1 atom stereocenters. The summed E-state index contributed by atoms with van der Waals surface area (Å²) in [5, 5.41) is 2.16. The second-order valence-corrected chi connectivity index (χ2v) is 5.57. The Morgan fingerprint density at radius 2 is 2.00 bits per heavy atom. The smallest absolute Gasteiger partial charge is 0.233 e. The first kappa shape index (κ1) is 15.8. The van der Waals surface area contributed by atoms with Crippen LogP contribution in [0.2, 0.25) is 0 Å². The molecule has 106 valence electrons. The lowest BCUT2D eigenvalue weighted by atomic mass is 10.3. The van der Waals surface area contributed by atoms with Gasteiger partial charge in [0.15, 0.2) is 0 Å². The van der Waals surface area contributed by atoms with Gasteiger partial charge in [-0.1, -0.05) is 13.3 Å². The van der Waals surface area contributed by atoms with Crippen LogP contribution in [-0.2, 0) is 4.79 Å². The van der Waals surface area contributed by atoms with Crippen molar-refractivity contribution in [2.75, 3.05) is 12.3 Å². The number of nitrogens with one attached hydrogen (secondary N) is 1. The first-order valence-electron chi connectivity index (χ1n) is 6.14. The standard InChI is InChI=1S/C13H18F2N2OS/c1-3-4-5-17-13(18)8(2)19-12-10(14)6-9(16)7-11(12)15/h6-8H,3-5,16H2,1-2H3,(H,17,18). The Morgan fingerprint density at radius 1 is 1.42 bits per heavy atom. The zero-order chi connectivity index (χ0) is 14.4. The first-order chi connectivity index (χ1) is 8.95. The van der Waals surface area contributed by atoms with Crippen molar-refractivity contribution in [3.8, 4) is 0 Å². The van der Waals surface area contributed by atoms with E-state index >= 15 is 0 Å². The zero-order valence-corrected chi connectivity index (χ0v) is 11.8. The van der Waals surface area contributed by atoms with Crippen LogP contribution >= 0.6 is 11.8 Å². The van der Waals surface area contributed by atoms with Gasteiger partial charge in [-0.3, -0.25) is 4.79 Å². The van der Waals surface area contributed by atoms with Crippen LogP contribution in [0.1, 0.15) is 26.7 Å². The number of nitrogen functional groups attached to an aromatic ring is 1. The van der Waals surface area contributed by atoms with Gasteiger partial charge in [0.2, 0.25) is 5.91 Å². The van der Waals surface area contributed by atoms with Crippen LogP contribution in [0.5, 0.6) is 0 Å². The van der Waals surface area contributed by atoms with E-state index in [9.17, 15) is 13.6 Å². The van der Waals surface area contributed by atoms with Gasteiger partial charge in [-0.25, -0.2) is 8.78 Å². The van der Waals surface area contributed by atoms with Crippen molar-refractivity contribution in [2.24, 2.45) is 0 Å². The largest absolute Gasteiger partial charge is 0.399 e. The molecule has 0 bridgehead atoms. The van der Waals surface area contributed by atoms with Crippen LogP contribution in [0.15, 0.2) is 17.0 Å². The Hall–Kier alpha value is -1.30. The van der Waals surface area contributed by atoms with E-state index in [0.717, 1.165) is 36.7 Å². The number of nitrogens with two attached hydrogens (primary N) is 1. The predicted molar refractivity (Wildman–Crippen MR) is 74.0 cm³/mol. The molecule has 0 saturated heterocycles. The molecule has 6 heteroatoms.